The quantitative estimate of drug-likeness (QED) is 0.454. The van der Waals surface area contributed by atoms with Crippen molar-refractivity contribution < 1.29 is 4.79 Å². The number of nitrogens with one attached hydrogen (secondary N) is 1. The van der Waals surface area contributed by atoms with Gasteiger partial charge in [0.1, 0.15) is 0 Å². The van der Waals surface area contributed by atoms with Crippen molar-refractivity contribution in [2.24, 2.45) is 22.1 Å². The second-order valence-electron chi connectivity index (χ2n) is 4.87. The molecule has 2 aliphatic rings. The number of allylic oxidation sites excluding steroid dienone is 2. The number of rotatable bonds is 3. The second kappa shape index (κ2) is 4.82. The first-order valence-electron chi connectivity index (χ1n) is 6.08. The fourth-order valence-electron chi connectivity index (χ4n) is 2.61. The van der Waals surface area contributed by atoms with Crippen LogP contribution in [0.2, 0.25) is 0 Å². The van der Waals surface area contributed by atoms with Crippen molar-refractivity contribution in [1.29, 1.82) is 0 Å². The molecule has 1 saturated carbocycles. The Morgan fingerprint density at radius 1 is 1.29 bits per heavy atom. The molecular formula is C13H19N3O. The lowest BCUT2D eigenvalue weighted by atomic mass is 10.0. The average Bonchev–Trinajstić information content (AvgIpc) is 2.90. The zero-order chi connectivity index (χ0) is 12.4. The number of hydrogen-bond donors (Lipinski definition) is 1. The lowest BCUT2D eigenvalue weighted by Gasteiger charge is -2.20. The van der Waals surface area contributed by atoms with Crippen LogP contribution in [0.4, 0.5) is 0 Å². The maximum atomic E-state index is 12.0. The highest BCUT2D eigenvalue weighted by Gasteiger charge is 2.36. The summed E-state index contributed by atoms with van der Waals surface area (Å²) in [6, 6.07) is 0.304. The molecule has 0 heterocycles. The van der Waals surface area contributed by atoms with E-state index >= 15 is 0 Å². The van der Waals surface area contributed by atoms with Gasteiger partial charge in [0, 0.05) is 18.7 Å². The Bertz CT molecular complexity index is 409. The number of amides is 1. The number of carbonyl (C=O) groups is 1. The molecular weight excluding hydrogens is 214 g/mol. The van der Waals surface area contributed by atoms with Gasteiger partial charge < -0.3 is 5.32 Å². The zero-order valence-corrected chi connectivity index (χ0v) is 10.6. The number of carbonyl (C=O) groups excluding carboxylic acids is 1. The molecule has 2 aliphatic carbocycles. The van der Waals surface area contributed by atoms with Gasteiger partial charge in [-0.3, -0.25) is 4.79 Å². The summed E-state index contributed by atoms with van der Waals surface area (Å²) in [5.74, 6) is 1.19. The molecule has 2 bridgehead atoms. The molecule has 4 heteroatoms. The maximum absolute atomic E-state index is 12.0. The summed E-state index contributed by atoms with van der Waals surface area (Å²) in [4.78, 5) is 12.0. The summed E-state index contributed by atoms with van der Waals surface area (Å²) in [5.41, 5.74) is 1.34. The molecule has 0 saturated heterocycles. The molecule has 0 spiro atoms. The highest BCUT2D eigenvalue weighted by molar-refractivity contribution is 5.93. The second-order valence-corrected chi connectivity index (χ2v) is 4.87. The molecule has 2 rings (SSSR count). The zero-order valence-electron chi connectivity index (χ0n) is 10.6. The first kappa shape index (κ1) is 12.0. The van der Waals surface area contributed by atoms with E-state index in [1.165, 1.54) is 6.42 Å². The number of fused-ring (bicyclic) bond motifs is 2. The fourth-order valence-corrected chi connectivity index (χ4v) is 2.61. The molecule has 0 aromatic heterocycles. The summed E-state index contributed by atoms with van der Waals surface area (Å²) < 4.78 is 0. The number of azo groups is 1. The largest absolute Gasteiger partial charge is 0.349 e. The van der Waals surface area contributed by atoms with Gasteiger partial charge in [-0.25, -0.2) is 0 Å². The Hall–Kier alpha value is -1.45. The SMILES string of the molecule is CN=N/C(C)=C(/C)C(=O)NC1CC2C=CC1C2. The van der Waals surface area contributed by atoms with Crippen molar-refractivity contribution >= 4 is 5.91 Å². The van der Waals surface area contributed by atoms with Gasteiger partial charge in [-0.2, -0.15) is 10.2 Å². The molecule has 17 heavy (non-hydrogen) atoms. The summed E-state index contributed by atoms with van der Waals surface area (Å²) in [6.45, 7) is 3.60. The van der Waals surface area contributed by atoms with E-state index < -0.39 is 0 Å². The minimum atomic E-state index is -0.0131. The van der Waals surface area contributed by atoms with E-state index in [1.807, 2.05) is 6.92 Å². The predicted molar refractivity (Wildman–Crippen MR) is 66.4 cm³/mol. The normalized spacial score (nSPS) is 32.1. The third-order valence-corrected chi connectivity index (χ3v) is 3.73. The molecule has 0 aromatic carbocycles. The van der Waals surface area contributed by atoms with E-state index in [9.17, 15) is 4.79 Å². The van der Waals surface area contributed by atoms with Gasteiger partial charge in [0.25, 0.3) is 0 Å². The van der Waals surface area contributed by atoms with E-state index in [4.69, 9.17) is 0 Å². The van der Waals surface area contributed by atoms with E-state index in [0.717, 1.165) is 6.42 Å². The van der Waals surface area contributed by atoms with Gasteiger partial charge in [-0.15, -0.1) is 0 Å². The average molecular weight is 233 g/mol. The molecule has 92 valence electrons. The summed E-state index contributed by atoms with van der Waals surface area (Å²) in [5, 5.41) is 10.7. The highest BCUT2D eigenvalue weighted by atomic mass is 16.1. The van der Waals surface area contributed by atoms with Crippen molar-refractivity contribution in [3.05, 3.63) is 23.4 Å². The Morgan fingerprint density at radius 2 is 2.06 bits per heavy atom. The smallest absolute Gasteiger partial charge is 0.249 e. The van der Waals surface area contributed by atoms with E-state index in [-0.39, 0.29) is 5.91 Å². The lowest BCUT2D eigenvalue weighted by molar-refractivity contribution is -0.118. The third kappa shape index (κ3) is 2.46. The molecule has 0 radical (unpaired) electrons. The summed E-state index contributed by atoms with van der Waals surface area (Å²) in [6.07, 6.45) is 6.78. The van der Waals surface area contributed by atoms with Gasteiger partial charge in [0.05, 0.1) is 5.70 Å². The molecule has 0 aromatic rings. The van der Waals surface area contributed by atoms with Crippen molar-refractivity contribution in [2.75, 3.05) is 7.05 Å². The Balaban J connectivity index is 1.98. The van der Waals surface area contributed by atoms with E-state index in [2.05, 4.69) is 27.7 Å². The van der Waals surface area contributed by atoms with E-state index in [1.54, 1.807) is 14.0 Å². The minimum absolute atomic E-state index is 0.0131. The van der Waals surface area contributed by atoms with Crippen LogP contribution >= 0.6 is 0 Å². The molecule has 1 fully saturated rings. The van der Waals surface area contributed by atoms with Crippen LogP contribution in [0, 0.1) is 11.8 Å². The van der Waals surface area contributed by atoms with Crippen LogP contribution in [0.25, 0.3) is 0 Å². The maximum Gasteiger partial charge on any atom is 0.249 e. The summed E-state index contributed by atoms with van der Waals surface area (Å²) >= 11 is 0. The van der Waals surface area contributed by atoms with Crippen molar-refractivity contribution in [2.45, 2.75) is 32.7 Å². The van der Waals surface area contributed by atoms with Crippen molar-refractivity contribution in [3.63, 3.8) is 0 Å². The number of nitrogens with zero attached hydrogens (tertiary/aromatic N) is 2. The lowest BCUT2D eigenvalue weighted by Crippen LogP contribution is -2.38. The predicted octanol–water partition coefficient (Wildman–Crippen LogP) is 2.44. The van der Waals surface area contributed by atoms with Crippen LogP contribution in [0.1, 0.15) is 26.7 Å². The first-order chi connectivity index (χ1) is 8.11. The fraction of sp³-hybridized carbons (Fsp3) is 0.615. The van der Waals surface area contributed by atoms with Gasteiger partial charge in [0.2, 0.25) is 5.91 Å². The van der Waals surface area contributed by atoms with Crippen LogP contribution in [0.15, 0.2) is 33.7 Å². The van der Waals surface area contributed by atoms with Crippen LogP contribution in [0.3, 0.4) is 0 Å². The molecule has 1 amide bonds. The van der Waals surface area contributed by atoms with Crippen LogP contribution in [0.5, 0.6) is 0 Å². The van der Waals surface area contributed by atoms with Gasteiger partial charge in [0.15, 0.2) is 0 Å². The first-order valence-corrected chi connectivity index (χ1v) is 6.08. The van der Waals surface area contributed by atoms with Crippen LogP contribution in [-0.2, 0) is 4.79 Å². The molecule has 3 unspecified atom stereocenters. The Kier molecular flexibility index (Phi) is 3.41. The molecule has 0 aliphatic heterocycles. The van der Waals surface area contributed by atoms with E-state index in [0.29, 0.717) is 29.1 Å². The molecule has 1 N–H and O–H groups in total. The van der Waals surface area contributed by atoms with Crippen LogP contribution in [-0.4, -0.2) is 19.0 Å². The number of hydrogen-bond acceptors (Lipinski definition) is 3. The molecule has 3 atom stereocenters. The van der Waals surface area contributed by atoms with Crippen molar-refractivity contribution in [3.8, 4) is 0 Å². The standard InChI is InChI=1S/C13H19N3O/c1-8(9(2)16-14-3)13(17)15-12-7-10-4-5-11(12)6-10/h4-5,10-12H,6-7H2,1-3H3,(H,15,17)/b9-8-,16-14?. The highest BCUT2D eigenvalue weighted by Crippen LogP contribution is 2.39. The topological polar surface area (TPSA) is 53.8 Å². The van der Waals surface area contributed by atoms with Gasteiger partial charge in [-0.05, 0) is 38.5 Å². The third-order valence-electron chi connectivity index (χ3n) is 3.73. The monoisotopic (exact) mass is 233 g/mol. The molecule has 4 nitrogen and oxygen atoms in total. The van der Waals surface area contributed by atoms with Crippen molar-refractivity contribution in [1.82, 2.24) is 5.32 Å². The van der Waals surface area contributed by atoms with Gasteiger partial charge in [-0.1, -0.05) is 12.2 Å². The van der Waals surface area contributed by atoms with Crippen LogP contribution < -0.4 is 5.32 Å². The minimum Gasteiger partial charge on any atom is -0.349 e. The Labute approximate surface area is 102 Å². The van der Waals surface area contributed by atoms with Gasteiger partial charge >= 0.3 is 0 Å². The Morgan fingerprint density at radius 3 is 2.59 bits per heavy atom. The summed E-state index contributed by atoms with van der Waals surface area (Å²) in [7, 11) is 1.61.